The summed E-state index contributed by atoms with van der Waals surface area (Å²) < 4.78 is 41.0. The van der Waals surface area contributed by atoms with Crippen LogP contribution in [0.3, 0.4) is 0 Å². The molecule has 1 heterocycles. The lowest BCUT2D eigenvalue weighted by molar-refractivity contribution is 0.192. The number of aliphatic hydroxyl groups is 1. The molecule has 118 valence electrons. The van der Waals surface area contributed by atoms with E-state index >= 15 is 0 Å². The Bertz CT molecular complexity index is 617. The van der Waals surface area contributed by atoms with Crippen LogP contribution in [0.2, 0.25) is 0 Å². The Morgan fingerprint density at radius 1 is 1.43 bits per heavy atom. The Morgan fingerprint density at radius 3 is 2.81 bits per heavy atom. The minimum Gasteiger partial charge on any atom is -0.399 e. The number of nitrogen functional groups attached to an aromatic ring is 1. The minimum atomic E-state index is -3.94. The van der Waals surface area contributed by atoms with Crippen LogP contribution in [-0.4, -0.2) is 37.0 Å². The number of nitrogens with zero attached hydrogens (tertiary/aromatic N) is 1. The first kappa shape index (κ1) is 16.2. The monoisotopic (exact) mass is 316 g/mol. The molecule has 7 heteroatoms. The van der Waals surface area contributed by atoms with Crippen molar-refractivity contribution < 1.29 is 17.9 Å². The van der Waals surface area contributed by atoms with Crippen molar-refractivity contribution in [2.75, 3.05) is 18.9 Å². The van der Waals surface area contributed by atoms with Crippen LogP contribution < -0.4 is 5.73 Å². The normalized spacial score (nSPS) is 20.6. The Labute approximate surface area is 124 Å². The maximum absolute atomic E-state index is 14.2. The van der Waals surface area contributed by atoms with E-state index in [1.54, 1.807) is 0 Å². The van der Waals surface area contributed by atoms with Crippen molar-refractivity contribution in [3.63, 3.8) is 0 Å². The number of aliphatic hydroxyl groups excluding tert-OH is 1. The lowest BCUT2D eigenvalue weighted by Crippen LogP contribution is -2.44. The van der Waals surface area contributed by atoms with Crippen molar-refractivity contribution in [1.29, 1.82) is 0 Å². The fourth-order valence-electron chi connectivity index (χ4n) is 2.81. The number of rotatable bonds is 4. The quantitative estimate of drug-likeness (QED) is 0.827. The average molecular weight is 316 g/mol. The van der Waals surface area contributed by atoms with E-state index < -0.39 is 15.8 Å². The Hall–Kier alpha value is -1.18. The van der Waals surface area contributed by atoms with Gasteiger partial charge in [0.05, 0.1) is 0 Å². The lowest BCUT2D eigenvalue weighted by atomic mass is 10.0. The van der Waals surface area contributed by atoms with Crippen molar-refractivity contribution in [2.45, 2.75) is 43.5 Å². The highest BCUT2D eigenvalue weighted by molar-refractivity contribution is 7.89. The van der Waals surface area contributed by atoms with E-state index in [1.807, 2.05) is 0 Å². The summed E-state index contributed by atoms with van der Waals surface area (Å²) in [5.41, 5.74) is 6.10. The van der Waals surface area contributed by atoms with Crippen LogP contribution in [0.4, 0.5) is 10.1 Å². The van der Waals surface area contributed by atoms with E-state index in [9.17, 15) is 12.8 Å². The summed E-state index contributed by atoms with van der Waals surface area (Å²) in [6, 6.07) is 2.30. The standard InChI is InChI=1S/C14H21FN2O3S/c1-10-8-11(16)9-13(14(10)15)21(19,20)17-6-3-2-4-12(17)5-7-18/h8-9,12,18H,2-7,16H2,1H3. The van der Waals surface area contributed by atoms with Gasteiger partial charge in [-0.2, -0.15) is 4.31 Å². The van der Waals surface area contributed by atoms with Gasteiger partial charge in [0.1, 0.15) is 10.7 Å². The molecule has 21 heavy (non-hydrogen) atoms. The molecule has 2 rings (SSSR count). The first-order chi connectivity index (χ1) is 9.87. The predicted octanol–water partition coefficient (Wildman–Crippen LogP) is 1.64. The van der Waals surface area contributed by atoms with E-state index in [0.29, 0.717) is 19.4 Å². The molecule has 1 aliphatic heterocycles. The highest BCUT2D eigenvalue weighted by Gasteiger charge is 2.35. The summed E-state index contributed by atoms with van der Waals surface area (Å²) in [6.07, 6.45) is 2.70. The van der Waals surface area contributed by atoms with Gasteiger partial charge in [-0.3, -0.25) is 0 Å². The van der Waals surface area contributed by atoms with Gasteiger partial charge < -0.3 is 10.8 Å². The molecule has 1 aromatic carbocycles. The van der Waals surface area contributed by atoms with E-state index in [0.717, 1.165) is 12.8 Å². The molecular formula is C14H21FN2O3S. The molecule has 0 radical (unpaired) electrons. The number of sulfonamides is 1. The molecule has 3 N–H and O–H groups in total. The van der Waals surface area contributed by atoms with Crippen LogP contribution in [-0.2, 0) is 10.0 Å². The first-order valence-electron chi connectivity index (χ1n) is 7.06. The molecule has 5 nitrogen and oxygen atoms in total. The summed E-state index contributed by atoms with van der Waals surface area (Å²) in [5, 5.41) is 9.10. The average Bonchev–Trinajstić information content (AvgIpc) is 2.43. The van der Waals surface area contributed by atoms with Crippen molar-refractivity contribution in [1.82, 2.24) is 4.31 Å². The molecule has 1 unspecified atom stereocenters. The van der Waals surface area contributed by atoms with Crippen LogP contribution in [0.15, 0.2) is 17.0 Å². The van der Waals surface area contributed by atoms with Gasteiger partial charge in [-0.15, -0.1) is 0 Å². The number of aryl methyl sites for hydroxylation is 1. The third kappa shape index (κ3) is 3.20. The Morgan fingerprint density at radius 2 is 2.14 bits per heavy atom. The van der Waals surface area contributed by atoms with Gasteiger partial charge in [-0.1, -0.05) is 6.42 Å². The number of piperidine rings is 1. The molecular weight excluding hydrogens is 295 g/mol. The van der Waals surface area contributed by atoms with Gasteiger partial charge >= 0.3 is 0 Å². The van der Waals surface area contributed by atoms with Gasteiger partial charge in [0.15, 0.2) is 0 Å². The fourth-order valence-corrected chi connectivity index (χ4v) is 4.70. The van der Waals surface area contributed by atoms with Crippen molar-refractivity contribution in [2.24, 2.45) is 0 Å². The summed E-state index contributed by atoms with van der Waals surface area (Å²) in [4.78, 5) is -0.371. The zero-order chi connectivity index (χ0) is 15.6. The zero-order valence-corrected chi connectivity index (χ0v) is 12.9. The molecule has 0 amide bonds. The molecule has 0 saturated carbocycles. The predicted molar refractivity (Wildman–Crippen MR) is 78.8 cm³/mol. The van der Waals surface area contributed by atoms with Crippen LogP contribution in [0.25, 0.3) is 0 Å². The van der Waals surface area contributed by atoms with Crippen LogP contribution in [0, 0.1) is 12.7 Å². The first-order valence-corrected chi connectivity index (χ1v) is 8.50. The second-order valence-electron chi connectivity index (χ2n) is 5.43. The number of halogens is 1. The van der Waals surface area contributed by atoms with E-state index in [1.165, 1.54) is 23.4 Å². The smallest absolute Gasteiger partial charge is 0.246 e. The summed E-state index contributed by atoms with van der Waals surface area (Å²) in [6.45, 7) is 1.75. The molecule has 0 aromatic heterocycles. The maximum Gasteiger partial charge on any atom is 0.246 e. The molecule has 1 atom stereocenters. The van der Waals surface area contributed by atoms with Crippen LogP contribution in [0.1, 0.15) is 31.2 Å². The van der Waals surface area contributed by atoms with Gasteiger partial charge in [-0.25, -0.2) is 12.8 Å². The number of benzene rings is 1. The number of nitrogens with two attached hydrogens (primary N) is 1. The van der Waals surface area contributed by atoms with Gasteiger partial charge in [0, 0.05) is 24.9 Å². The van der Waals surface area contributed by atoms with Crippen LogP contribution >= 0.6 is 0 Å². The Balaban J connectivity index is 2.45. The topological polar surface area (TPSA) is 83.6 Å². The number of hydrogen-bond acceptors (Lipinski definition) is 4. The summed E-state index contributed by atoms with van der Waals surface area (Å²) >= 11 is 0. The fraction of sp³-hybridized carbons (Fsp3) is 0.571. The molecule has 1 aromatic rings. The second kappa shape index (κ2) is 6.29. The van der Waals surface area contributed by atoms with E-state index in [2.05, 4.69) is 0 Å². The largest absolute Gasteiger partial charge is 0.399 e. The molecule has 0 bridgehead atoms. The van der Waals surface area contributed by atoms with Gasteiger partial charge in [0.25, 0.3) is 0 Å². The molecule has 0 spiro atoms. The second-order valence-corrected chi connectivity index (χ2v) is 7.29. The van der Waals surface area contributed by atoms with Gasteiger partial charge in [0.2, 0.25) is 10.0 Å². The third-order valence-electron chi connectivity index (χ3n) is 3.87. The maximum atomic E-state index is 14.2. The van der Waals surface area contributed by atoms with Crippen molar-refractivity contribution in [3.8, 4) is 0 Å². The van der Waals surface area contributed by atoms with E-state index in [4.69, 9.17) is 10.8 Å². The van der Waals surface area contributed by atoms with E-state index in [-0.39, 0.29) is 28.8 Å². The molecule has 0 aliphatic carbocycles. The summed E-state index contributed by atoms with van der Waals surface area (Å²) in [5.74, 6) is -0.752. The summed E-state index contributed by atoms with van der Waals surface area (Å²) in [7, 11) is -3.94. The Kier molecular flexibility index (Phi) is 4.85. The van der Waals surface area contributed by atoms with Crippen molar-refractivity contribution in [3.05, 3.63) is 23.5 Å². The zero-order valence-electron chi connectivity index (χ0n) is 12.0. The highest BCUT2D eigenvalue weighted by atomic mass is 32.2. The molecule has 1 aliphatic rings. The van der Waals surface area contributed by atoms with Crippen LogP contribution in [0.5, 0.6) is 0 Å². The molecule has 1 saturated heterocycles. The lowest BCUT2D eigenvalue weighted by Gasteiger charge is -2.34. The number of hydrogen-bond donors (Lipinski definition) is 2. The third-order valence-corrected chi connectivity index (χ3v) is 5.82. The molecule has 1 fully saturated rings. The SMILES string of the molecule is Cc1cc(N)cc(S(=O)(=O)N2CCCCC2CCO)c1F. The van der Waals surface area contributed by atoms with Gasteiger partial charge in [-0.05, 0) is 43.9 Å². The minimum absolute atomic E-state index is 0.0882. The highest BCUT2D eigenvalue weighted by Crippen LogP contribution is 2.30. The number of anilines is 1. The van der Waals surface area contributed by atoms with Crippen molar-refractivity contribution >= 4 is 15.7 Å².